The van der Waals surface area contributed by atoms with Crippen molar-refractivity contribution in [2.45, 2.75) is 25.8 Å². The van der Waals surface area contributed by atoms with E-state index in [9.17, 15) is 10.1 Å². The van der Waals surface area contributed by atoms with Gasteiger partial charge in [-0.2, -0.15) is 0 Å². The number of pyridine rings is 1. The van der Waals surface area contributed by atoms with E-state index < -0.39 is 4.92 Å². The third kappa shape index (κ3) is 2.36. The second-order valence-corrected chi connectivity index (χ2v) is 4.57. The summed E-state index contributed by atoms with van der Waals surface area (Å²) in [6, 6.07) is 1.64. The van der Waals surface area contributed by atoms with Gasteiger partial charge in [-0.25, -0.2) is 4.98 Å². The maximum Gasteiger partial charge on any atom is 0.314 e. The molecule has 0 saturated carbocycles. The highest BCUT2D eigenvalue weighted by molar-refractivity contribution is 5.60. The summed E-state index contributed by atoms with van der Waals surface area (Å²) in [7, 11) is 0. The molecule has 1 saturated heterocycles. The molecule has 0 aromatic carbocycles. The predicted molar refractivity (Wildman–Crippen MR) is 63.1 cm³/mol. The predicted octanol–water partition coefficient (Wildman–Crippen LogP) is 1.89. The van der Waals surface area contributed by atoms with Crippen LogP contribution in [0.2, 0.25) is 0 Å². The average molecular weight is 237 g/mol. The van der Waals surface area contributed by atoms with Gasteiger partial charge < -0.3 is 10.1 Å². The molecule has 1 N–H and O–H groups in total. The van der Waals surface area contributed by atoms with Crippen molar-refractivity contribution in [1.29, 1.82) is 0 Å². The molecule has 17 heavy (non-hydrogen) atoms. The molecule has 92 valence electrons. The lowest BCUT2D eigenvalue weighted by atomic mass is 10.0. The Morgan fingerprint density at radius 2 is 2.41 bits per heavy atom. The lowest BCUT2D eigenvalue weighted by Gasteiger charge is -2.24. The Bertz CT molecular complexity index is 442. The molecule has 1 atom stereocenters. The molecule has 0 aliphatic carbocycles. The molecule has 1 aliphatic rings. The Morgan fingerprint density at radius 1 is 1.65 bits per heavy atom. The van der Waals surface area contributed by atoms with Crippen molar-refractivity contribution in [3.63, 3.8) is 0 Å². The first-order valence-electron chi connectivity index (χ1n) is 5.48. The standard InChI is InChI=1S/C11H15N3O3/c1-8-3-5-12-10(9(8)14(15)16)13-11(2)4-6-17-7-11/h3,5H,4,6-7H2,1-2H3,(H,12,13). The Morgan fingerprint density at radius 3 is 3.00 bits per heavy atom. The van der Waals surface area contributed by atoms with E-state index in [0.29, 0.717) is 24.6 Å². The summed E-state index contributed by atoms with van der Waals surface area (Å²) in [5, 5.41) is 14.1. The number of aryl methyl sites for hydroxylation is 1. The van der Waals surface area contributed by atoms with Gasteiger partial charge in [0.2, 0.25) is 5.82 Å². The van der Waals surface area contributed by atoms with E-state index in [-0.39, 0.29) is 11.2 Å². The number of anilines is 1. The molecule has 1 unspecified atom stereocenters. The van der Waals surface area contributed by atoms with Crippen molar-refractivity contribution in [2.24, 2.45) is 0 Å². The van der Waals surface area contributed by atoms with E-state index in [0.717, 1.165) is 6.42 Å². The molecule has 1 aromatic rings. The van der Waals surface area contributed by atoms with Crippen molar-refractivity contribution in [1.82, 2.24) is 4.98 Å². The molecule has 1 fully saturated rings. The topological polar surface area (TPSA) is 77.3 Å². The minimum Gasteiger partial charge on any atom is -0.379 e. The first kappa shape index (κ1) is 11.8. The lowest BCUT2D eigenvalue weighted by molar-refractivity contribution is -0.384. The summed E-state index contributed by atoms with van der Waals surface area (Å²) < 4.78 is 5.30. The Hall–Kier alpha value is -1.69. The van der Waals surface area contributed by atoms with Crippen molar-refractivity contribution < 1.29 is 9.66 Å². The zero-order chi connectivity index (χ0) is 12.5. The number of nitrogens with zero attached hydrogens (tertiary/aromatic N) is 2. The van der Waals surface area contributed by atoms with Crippen LogP contribution >= 0.6 is 0 Å². The van der Waals surface area contributed by atoms with Crippen LogP contribution in [0.15, 0.2) is 12.3 Å². The zero-order valence-electron chi connectivity index (χ0n) is 9.90. The molecule has 6 heteroatoms. The quantitative estimate of drug-likeness (QED) is 0.641. The zero-order valence-corrected chi connectivity index (χ0v) is 9.90. The summed E-state index contributed by atoms with van der Waals surface area (Å²) >= 11 is 0. The van der Waals surface area contributed by atoms with Gasteiger partial charge in [0.05, 0.1) is 17.1 Å². The first-order chi connectivity index (χ1) is 8.02. The van der Waals surface area contributed by atoms with E-state index in [1.165, 1.54) is 0 Å². The lowest BCUT2D eigenvalue weighted by Crippen LogP contribution is -2.35. The van der Waals surface area contributed by atoms with Gasteiger partial charge in [0.15, 0.2) is 0 Å². The van der Waals surface area contributed by atoms with Crippen LogP contribution in [0.1, 0.15) is 18.9 Å². The van der Waals surface area contributed by atoms with Crippen LogP contribution in [0.3, 0.4) is 0 Å². The van der Waals surface area contributed by atoms with Crippen LogP contribution in [-0.4, -0.2) is 28.7 Å². The summed E-state index contributed by atoms with van der Waals surface area (Å²) in [5.41, 5.74) is 0.376. The highest BCUT2D eigenvalue weighted by Gasteiger charge is 2.32. The Labute approximate surface area is 99.2 Å². The minimum absolute atomic E-state index is 0.0422. The fourth-order valence-corrected chi connectivity index (χ4v) is 1.92. The molecular formula is C11H15N3O3. The van der Waals surface area contributed by atoms with E-state index >= 15 is 0 Å². The number of rotatable bonds is 3. The van der Waals surface area contributed by atoms with Crippen LogP contribution in [0.4, 0.5) is 11.5 Å². The number of hydrogen-bond acceptors (Lipinski definition) is 5. The van der Waals surface area contributed by atoms with Crippen LogP contribution < -0.4 is 5.32 Å². The molecule has 0 radical (unpaired) electrons. The molecule has 1 aromatic heterocycles. The number of ether oxygens (including phenoxy) is 1. The van der Waals surface area contributed by atoms with Gasteiger partial charge in [-0.1, -0.05) is 0 Å². The van der Waals surface area contributed by atoms with Crippen LogP contribution in [0, 0.1) is 17.0 Å². The largest absolute Gasteiger partial charge is 0.379 e. The molecule has 2 rings (SSSR count). The van der Waals surface area contributed by atoms with Gasteiger partial charge in [-0.15, -0.1) is 0 Å². The maximum absolute atomic E-state index is 11.0. The Kier molecular flexibility index (Phi) is 2.97. The third-order valence-corrected chi connectivity index (χ3v) is 2.95. The second-order valence-electron chi connectivity index (χ2n) is 4.57. The first-order valence-corrected chi connectivity index (χ1v) is 5.48. The average Bonchev–Trinajstić information content (AvgIpc) is 2.64. The molecular weight excluding hydrogens is 222 g/mol. The smallest absolute Gasteiger partial charge is 0.314 e. The Balaban J connectivity index is 2.32. The van der Waals surface area contributed by atoms with Crippen LogP contribution in [-0.2, 0) is 4.74 Å². The maximum atomic E-state index is 11.0. The molecule has 0 amide bonds. The third-order valence-electron chi connectivity index (χ3n) is 2.95. The van der Waals surface area contributed by atoms with E-state index in [1.54, 1.807) is 19.2 Å². The SMILES string of the molecule is Cc1ccnc(NC2(C)CCOC2)c1[N+](=O)[O-]. The molecule has 1 aliphatic heterocycles. The highest BCUT2D eigenvalue weighted by atomic mass is 16.6. The van der Waals surface area contributed by atoms with Gasteiger partial charge in [-0.3, -0.25) is 10.1 Å². The number of nitro groups is 1. The fourth-order valence-electron chi connectivity index (χ4n) is 1.92. The van der Waals surface area contributed by atoms with E-state index in [1.807, 2.05) is 6.92 Å². The van der Waals surface area contributed by atoms with Gasteiger partial charge in [0.1, 0.15) is 0 Å². The normalized spacial score (nSPS) is 23.6. The van der Waals surface area contributed by atoms with E-state index in [2.05, 4.69) is 10.3 Å². The van der Waals surface area contributed by atoms with Crippen molar-refractivity contribution in [2.75, 3.05) is 18.5 Å². The van der Waals surface area contributed by atoms with Gasteiger partial charge in [-0.05, 0) is 26.3 Å². The monoisotopic (exact) mass is 237 g/mol. The molecule has 0 spiro atoms. The number of nitrogens with one attached hydrogen (secondary N) is 1. The van der Waals surface area contributed by atoms with Crippen LogP contribution in [0.25, 0.3) is 0 Å². The minimum atomic E-state index is -0.399. The van der Waals surface area contributed by atoms with Crippen molar-refractivity contribution >= 4 is 11.5 Å². The van der Waals surface area contributed by atoms with Gasteiger partial charge in [0, 0.05) is 18.4 Å². The molecule has 6 nitrogen and oxygen atoms in total. The molecule has 0 bridgehead atoms. The summed E-state index contributed by atoms with van der Waals surface area (Å²) in [6.45, 7) is 4.90. The highest BCUT2D eigenvalue weighted by Crippen LogP contribution is 2.30. The van der Waals surface area contributed by atoms with Gasteiger partial charge in [0.25, 0.3) is 0 Å². The van der Waals surface area contributed by atoms with Crippen LogP contribution in [0.5, 0.6) is 0 Å². The van der Waals surface area contributed by atoms with Crippen molar-refractivity contribution in [3.8, 4) is 0 Å². The number of aromatic nitrogens is 1. The summed E-state index contributed by atoms with van der Waals surface area (Å²) in [6.07, 6.45) is 2.39. The second kappa shape index (κ2) is 4.29. The van der Waals surface area contributed by atoms with Crippen molar-refractivity contribution in [3.05, 3.63) is 27.9 Å². The fraction of sp³-hybridized carbons (Fsp3) is 0.545. The molecule has 2 heterocycles. The van der Waals surface area contributed by atoms with Gasteiger partial charge >= 0.3 is 5.69 Å². The summed E-state index contributed by atoms with van der Waals surface area (Å²) in [4.78, 5) is 14.7. The van der Waals surface area contributed by atoms with E-state index in [4.69, 9.17) is 4.74 Å². The summed E-state index contributed by atoms with van der Waals surface area (Å²) in [5.74, 6) is 0.322. The number of hydrogen-bond donors (Lipinski definition) is 1.